The maximum absolute atomic E-state index is 2.31. The minimum atomic E-state index is -0.212. The van der Waals surface area contributed by atoms with Gasteiger partial charge >= 0.3 is 38.3 Å². The van der Waals surface area contributed by atoms with Crippen LogP contribution < -0.4 is 24.0 Å². The van der Waals surface area contributed by atoms with Gasteiger partial charge in [-0.3, -0.25) is 8.80 Å². The largest absolute Gasteiger partial charge is 2.00 e. The Bertz CT molecular complexity index is 237. The van der Waals surface area contributed by atoms with Gasteiger partial charge in [-0.25, -0.2) is 0 Å². The van der Waals surface area contributed by atoms with Gasteiger partial charge in [-0.1, -0.05) is 30.3 Å². The Morgan fingerprint density at radius 2 is 1.00 bits per heavy atom. The first-order chi connectivity index (χ1) is 7.77. The minimum Gasteiger partial charge on any atom is -0.323 e. The third-order valence-corrected chi connectivity index (χ3v) is 2.84. The van der Waals surface area contributed by atoms with Crippen molar-refractivity contribution in [2.24, 2.45) is 0 Å². The Morgan fingerprint density at radius 1 is 0.737 bits per heavy atom. The second-order valence-corrected chi connectivity index (χ2v) is 7.94. The molecule has 0 bridgehead atoms. The summed E-state index contributed by atoms with van der Waals surface area (Å²) in [5.74, 6) is 2.83. The maximum atomic E-state index is 2.31. The summed E-state index contributed by atoms with van der Waals surface area (Å²) in [7, 11) is -0.212. The van der Waals surface area contributed by atoms with E-state index in [0.717, 1.165) is 0 Å². The molecule has 0 N–H and O–H groups in total. The summed E-state index contributed by atoms with van der Waals surface area (Å²) >= 11 is 0. The molecule has 0 aromatic heterocycles. The van der Waals surface area contributed by atoms with Crippen LogP contribution >= 0.6 is 0 Å². The summed E-state index contributed by atoms with van der Waals surface area (Å²) in [4.78, 5) is 0. The van der Waals surface area contributed by atoms with Crippen molar-refractivity contribution in [2.75, 3.05) is 0 Å². The first-order valence-corrected chi connectivity index (χ1v) is 8.66. The molecule has 0 saturated carbocycles. The topological polar surface area (TPSA) is 0 Å². The van der Waals surface area contributed by atoms with E-state index in [0.29, 0.717) is 0 Å². The fraction of sp³-hybridized carbons (Fsp3) is 0.500. The molecule has 3 heteroatoms. The Labute approximate surface area is 148 Å². The van der Waals surface area contributed by atoms with E-state index in [1.165, 1.54) is 17.0 Å². The van der Waals surface area contributed by atoms with E-state index in [-0.39, 0.29) is 47.1 Å². The van der Waals surface area contributed by atoms with Crippen molar-refractivity contribution in [3.8, 4) is 0 Å². The predicted octanol–water partition coefficient (Wildman–Crippen LogP) is 1.89. The summed E-state index contributed by atoms with van der Waals surface area (Å²) in [6.07, 6.45) is 0. The van der Waals surface area contributed by atoms with Crippen molar-refractivity contribution in [2.45, 2.75) is 54.6 Å². The van der Waals surface area contributed by atoms with Crippen LogP contribution in [0.3, 0.4) is 0 Å². The van der Waals surface area contributed by atoms with Crippen molar-refractivity contribution in [3.63, 3.8) is 0 Å². The quantitative estimate of drug-likeness (QED) is 0.547. The van der Waals surface area contributed by atoms with Crippen molar-refractivity contribution >= 4 is 14.0 Å². The smallest absolute Gasteiger partial charge is 0.323 e. The molecule has 0 spiro atoms. The molecular weight excluding hydrogens is 293 g/mol. The summed E-state index contributed by atoms with van der Waals surface area (Å²) in [6.45, 7) is 17.1. The number of benzene rings is 1. The molecule has 1 aromatic rings. The molecule has 0 aliphatic rings. The van der Waals surface area contributed by atoms with E-state index in [2.05, 4.69) is 85.0 Å². The summed E-state index contributed by atoms with van der Waals surface area (Å²) in [6, 6.07) is 10.7. The van der Waals surface area contributed by atoms with Crippen LogP contribution in [0, 0.1) is 11.8 Å². The molecule has 19 heavy (non-hydrogen) atoms. The predicted molar refractivity (Wildman–Crippen MR) is 84.1 cm³/mol. The molecule has 0 aliphatic carbocycles. The zero-order chi connectivity index (χ0) is 13.8. The van der Waals surface area contributed by atoms with E-state index >= 15 is 0 Å². The molecule has 0 atom stereocenters. The molecule has 0 amide bonds. The first-order valence-electron chi connectivity index (χ1n) is 6.16. The fourth-order valence-electron chi connectivity index (χ4n) is 0.771. The van der Waals surface area contributed by atoms with E-state index in [4.69, 9.17) is 0 Å². The third kappa shape index (κ3) is 32.3. The normalized spacial score (nSPS) is 8.11. The molecule has 0 aliphatic heterocycles. The van der Waals surface area contributed by atoms with Crippen LogP contribution in [0.2, 0.25) is 13.1 Å². The number of rotatable bonds is 1. The molecule has 100 valence electrons. The zero-order valence-electron chi connectivity index (χ0n) is 14.6. The van der Waals surface area contributed by atoms with Crippen LogP contribution in [0.15, 0.2) is 30.3 Å². The van der Waals surface area contributed by atoms with E-state index in [9.17, 15) is 0 Å². The number of hydrogen-bond acceptors (Lipinski definition) is 0. The van der Waals surface area contributed by atoms with Crippen LogP contribution in [-0.4, -0.2) is 8.80 Å². The summed E-state index contributed by atoms with van der Waals surface area (Å²) in [5.41, 5.74) is 0. The van der Waals surface area contributed by atoms with E-state index in [1.807, 2.05) is 0 Å². The van der Waals surface area contributed by atoms with Gasteiger partial charge in [0.25, 0.3) is 0 Å². The second kappa shape index (κ2) is 18.7. The molecule has 0 fully saturated rings. The van der Waals surface area contributed by atoms with Crippen LogP contribution in [0.4, 0.5) is 0 Å². The van der Waals surface area contributed by atoms with Crippen LogP contribution in [-0.2, 0) is 19.5 Å². The molecule has 0 heterocycles. The number of hydrogen-bond donors (Lipinski definition) is 0. The van der Waals surface area contributed by atoms with Crippen LogP contribution in [0.5, 0.6) is 0 Å². The molecular formula is C16H29LiSiZn. The minimum absolute atomic E-state index is 0. The van der Waals surface area contributed by atoms with Crippen molar-refractivity contribution in [1.82, 2.24) is 0 Å². The maximum Gasteiger partial charge on any atom is 2.00 e. The Morgan fingerprint density at radius 3 is 1.16 bits per heavy atom. The molecule has 1 aromatic carbocycles. The average Bonchev–Trinajstić information content (AvgIpc) is 2.17. The SMILES string of the molecule is C[C-](C)C.C[C-](C)C.C[Si-](C)c1ccccc1.[Li+].[Zn+2]. The monoisotopic (exact) mass is 320 g/mol. The standard InChI is InChI=1S/C8H11Si.2C4H9.Li.Zn/c1-9(2)8-6-4-3-5-7-8;2*1-4(2)3;;/h3-7H,1-2H3;2*1-3H3;;/q3*-1;+1;+2. The first kappa shape index (κ1) is 27.9. The van der Waals surface area contributed by atoms with Gasteiger partial charge in [0.05, 0.1) is 0 Å². The zero-order valence-corrected chi connectivity index (χ0v) is 18.6. The summed E-state index contributed by atoms with van der Waals surface area (Å²) in [5, 5.41) is 1.52. The van der Waals surface area contributed by atoms with E-state index < -0.39 is 0 Å². The molecule has 0 unspecified atom stereocenters. The Hall–Kier alpha value is 0.658. The van der Waals surface area contributed by atoms with Gasteiger partial charge in [-0.2, -0.15) is 59.8 Å². The van der Waals surface area contributed by atoms with Crippen molar-refractivity contribution < 1.29 is 38.3 Å². The van der Waals surface area contributed by atoms with Gasteiger partial charge in [0, 0.05) is 0 Å². The third-order valence-electron chi connectivity index (χ3n) is 1.35. The fourth-order valence-corrected chi connectivity index (χ4v) is 1.63. The summed E-state index contributed by atoms with van der Waals surface area (Å²) < 4.78 is 0. The van der Waals surface area contributed by atoms with Crippen molar-refractivity contribution in [3.05, 3.63) is 42.2 Å². The molecule has 1 rings (SSSR count). The van der Waals surface area contributed by atoms with Gasteiger partial charge in [0.2, 0.25) is 0 Å². The van der Waals surface area contributed by atoms with Gasteiger partial charge in [-0.05, 0) is 0 Å². The second-order valence-electron chi connectivity index (χ2n) is 5.37. The average molecular weight is 322 g/mol. The Kier molecular flexibility index (Phi) is 27.4. The molecule has 0 saturated heterocycles. The Balaban J connectivity index is -0.0000000975. The van der Waals surface area contributed by atoms with Gasteiger partial charge in [0.1, 0.15) is 0 Å². The van der Waals surface area contributed by atoms with Gasteiger partial charge in [0.15, 0.2) is 0 Å². The van der Waals surface area contributed by atoms with E-state index in [1.54, 1.807) is 0 Å². The van der Waals surface area contributed by atoms with Crippen LogP contribution in [0.1, 0.15) is 41.5 Å². The molecule has 0 radical (unpaired) electrons. The molecule has 0 nitrogen and oxygen atoms in total. The van der Waals surface area contributed by atoms with Crippen molar-refractivity contribution in [1.29, 1.82) is 0 Å². The van der Waals surface area contributed by atoms with Crippen LogP contribution in [0.25, 0.3) is 0 Å². The van der Waals surface area contributed by atoms with Gasteiger partial charge < -0.3 is 11.8 Å². The van der Waals surface area contributed by atoms with Gasteiger partial charge in [-0.15, -0.1) is 0 Å².